The molecule has 5 unspecified atom stereocenters. The molecule has 0 N–H and O–H groups in total. The summed E-state index contributed by atoms with van der Waals surface area (Å²) in [5.41, 5.74) is -0.178. The fourth-order valence-electron chi connectivity index (χ4n) is 3.82. The summed E-state index contributed by atoms with van der Waals surface area (Å²) in [4.78, 5) is 11.4. The van der Waals surface area contributed by atoms with E-state index in [0.29, 0.717) is 12.0 Å². The maximum Gasteiger partial charge on any atom is 0.335 e. The summed E-state index contributed by atoms with van der Waals surface area (Å²) in [7, 11) is -3.31. The molecule has 0 amide bonds. The fraction of sp³-hybridized carbons (Fsp3) is 0.800. The highest BCUT2D eigenvalue weighted by Crippen LogP contribution is 2.58. The van der Waals surface area contributed by atoms with Gasteiger partial charge in [-0.1, -0.05) is 6.58 Å². The third kappa shape index (κ3) is 2.63. The minimum absolute atomic E-state index is 0.0473. The summed E-state index contributed by atoms with van der Waals surface area (Å²) in [5.74, 6) is -0.495. The number of sulfonamides is 1. The molecule has 2 bridgehead atoms. The molecule has 0 aromatic heterocycles. The van der Waals surface area contributed by atoms with Gasteiger partial charge < -0.3 is 9.47 Å². The van der Waals surface area contributed by atoms with E-state index < -0.39 is 21.5 Å². The van der Waals surface area contributed by atoms with Gasteiger partial charge in [-0.3, -0.25) is 0 Å². The normalized spacial score (nSPS) is 38.0. The van der Waals surface area contributed by atoms with Crippen LogP contribution in [-0.2, 0) is 24.3 Å². The summed E-state index contributed by atoms with van der Waals surface area (Å²) in [5, 5.41) is -0.119. The first-order chi connectivity index (χ1) is 10.5. The van der Waals surface area contributed by atoms with Crippen molar-refractivity contribution in [3.8, 4) is 0 Å². The second kappa shape index (κ2) is 5.47. The van der Waals surface area contributed by atoms with Crippen LogP contribution in [0.1, 0.15) is 34.1 Å². The smallest absolute Gasteiger partial charge is 0.335 e. The van der Waals surface area contributed by atoms with Gasteiger partial charge >= 0.3 is 5.97 Å². The Morgan fingerprint density at radius 1 is 1.39 bits per heavy atom. The van der Waals surface area contributed by atoms with Crippen LogP contribution in [0.4, 0.5) is 0 Å². The zero-order valence-corrected chi connectivity index (χ0v) is 15.4. The van der Waals surface area contributed by atoms with Gasteiger partial charge in [0.05, 0.1) is 17.4 Å². The highest BCUT2D eigenvalue weighted by Gasteiger charge is 2.69. The number of hydrogen-bond donors (Lipinski definition) is 0. The Kier molecular flexibility index (Phi) is 4.11. The molecule has 3 fully saturated rings. The van der Waals surface area contributed by atoms with Crippen LogP contribution in [-0.4, -0.2) is 58.9 Å². The number of carbonyl (C=O) groups excluding carboxylic acids is 1. The van der Waals surface area contributed by atoms with Crippen LogP contribution in [0.15, 0.2) is 12.2 Å². The first-order valence-corrected chi connectivity index (χ1v) is 10.1. The highest BCUT2D eigenvalue weighted by molar-refractivity contribution is 8.03. The van der Waals surface area contributed by atoms with Crippen LogP contribution in [0.3, 0.4) is 0 Å². The van der Waals surface area contributed by atoms with Crippen LogP contribution in [0.5, 0.6) is 0 Å². The number of thioether (sulfide) groups is 1. The van der Waals surface area contributed by atoms with Gasteiger partial charge in [0.2, 0.25) is 10.0 Å². The number of hydrogen-bond acceptors (Lipinski definition) is 6. The van der Waals surface area contributed by atoms with Crippen molar-refractivity contribution < 1.29 is 22.7 Å². The minimum Gasteiger partial charge on any atom is -0.435 e. The highest BCUT2D eigenvalue weighted by atomic mass is 32.2. The third-order valence-electron chi connectivity index (χ3n) is 4.59. The molecule has 0 aromatic carbocycles. The molecule has 0 saturated carbocycles. The zero-order chi connectivity index (χ0) is 17.2. The third-order valence-corrected chi connectivity index (χ3v) is 9.08. The molecule has 3 heterocycles. The average molecular weight is 361 g/mol. The van der Waals surface area contributed by atoms with Crippen LogP contribution in [0.2, 0.25) is 0 Å². The number of rotatable bonds is 4. The van der Waals surface area contributed by atoms with E-state index in [0.717, 1.165) is 0 Å². The number of carbonyl (C=O) groups is 1. The van der Waals surface area contributed by atoms with Crippen molar-refractivity contribution in [1.82, 2.24) is 4.31 Å². The Morgan fingerprint density at radius 3 is 2.61 bits per heavy atom. The molecule has 130 valence electrons. The first kappa shape index (κ1) is 17.3. The number of esters is 1. The van der Waals surface area contributed by atoms with Crippen LogP contribution in [0, 0.1) is 0 Å². The van der Waals surface area contributed by atoms with E-state index in [4.69, 9.17) is 9.47 Å². The van der Waals surface area contributed by atoms with E-state index in [2.05, 4.69) is 6.58 Å². The average Bonchev–Trinajstić information content (AvgIpc) is 2.99. The lowest BCUT2D eigenvalue weighted by Gasteiger charge is -2.37. The van der Waals surface area contributed by atoms with Gasteiger partial charge in [-0.05, 0) is 34.1 Å². The van der Waals surface area contributed by atoms with Crippen LogP contribution >= 0.6 is 11.8 Å². The summed E-state index contributed by atoms with van der Waals surface area (Å²) in [6, 6.07) is -0.183. The SMILES string of the molecule is C=C(C)C(=O)OCOC1C2CC3C(S2)C1N(C(C)(C)C)S3(=O)=O. The molecule has 5 atom stereocenters. The molecular weight excluding hydrogens is 338 g/mol. The topological polar surface area (TPSA) is 72.9 Å². The van der Waals surface area contributed by atoms with Gasteiger partial charge in [-0.15, -0.1) is 11.8 Å². The Hall–Kier alpha value is -0.570. The predicted octanol–water partition coefficient (Wildman–Crippen LogP) is 1.52. The maximum atomic E-state index is 12.8. The molecule has 23 heavy (non-hydrogen) atoms. The quantitative estimate of drug-likeness (QED) is 0.429. The second-order valence-electron chi connectivity index (χ2n) is 7.38. The molecule has 8 heteroatoms. The summed E-state index contributed by atoms with van der Waals surface area (Å²) in [6.07, 6.45) is 0.371. The molecule has 3 aliphatic rings. The van der Waals surface area contributed by atoms with Crippen molar-refractivity contribution in [3.63, 3.8) is 0 Å². The second-order valence-corrected chi connectivity index (χ2v) is 10.8. The van der Waals surface area contributed by atoms with Crippen molar-refractivity contribution in [1.29, 1.82) is 0 Å². The largest absolute Gasteiger partial charge is 0.435 e. The molecule has 0 aliphatic carbocycles. The van der Waals surface area contributed by atoms with Gasteiger partial charge in [0.15, 0.2) is 6.79 Å². The summed E-state index contributed by atoms with van der Waals surface area (Å²) >= 11 is 1.70. The van der Waals surface area contributed by atoms with E-state index in [1.54, 1.807) is 23.0 Å². The lowest BCUT2D eigenvalue weighted by Crippen LogP contribution is -2.53. The maximum absolute atomic E-state index is 12.8. The predicted molar refractivity (Wildman–Crippen MR) is 88.5 cm³/mol. The van der Waals surface area contributed by atoms with Crippen molar-refractivity contribution in [3.05, 3.63) is 12.2 Å². The molecule has 3 aliphatic heterocycles. The molecule has 0 aromatic rings. The lowest BCUT2D eigenvalue weighted by molar-refractivity contribution is -0.159. The van der Waals surface area contributed by atoms with Gasteiger partial charge in [0, 0.05) is 21.6 Å². The van der Waals surface area contributed by atoms with Crippen LogP contribution in [0.25, 0.3) is 0 Å². The summed E-state index contributed by atoms with van der Waals surface area (Å²) < 4.78 is 38.1. The number of nitrogens with zero attached hydrogens (tertiary/aromatic N) is 1. The van der Waals surface area contributed by atoms with Gasteiger partial charge in [-0.25, -0.2) is 13.2 Å². The Balaban J connectivity index is 1.77. The van der Waals surface area contributed by atoms with Crippen molar-refractivity contribution in [2.75, 3.05) is 6.79 Å². The van der Waals surface area contributed by atoms with Gasteiger partial charge in [0.25, 0.3) is 0 Å². The Bertz CT molecular complexity index is 639. The molecule has 3 saturated heterocycles. The van der Waals surface area contributed by atoms with Gasteiger partial charge in [0.1, 0.15) is 0 Å². The molecule has 3 rings (SSSR count). The van der Waals surface area contributed by atoms with Gasteiger partial charge in [-0.2, -0.15) is 4.31 Å². The lowest BCUT2D eigenvalue weighted by atomic mass is 9.90. The molecule has 0 spiro atoms. The van der Waals surface area contributed by atoms with Crippen LogP contribution < -0.4 is 0 Å². The van der Waals surface area contributed by atoms with E-state index in [1.807, 2.05) is 20.8 Å². The fourth-order valence-corrected chi connectivity index (χ4v) is 9.07. The first-order valence-electron chi connectivity index (χ1n) is 7.68. The van der Waals surface area contributed by atoms with Crippen molar-refractivity contribution >= 4 is 27.8 Å². The summed E-state index contributed by atoms with van der Waals surface area (Å²) in [6.45, 7) is 10.7. The standard InChI is InChI=1S/C15H23NO5S2/c1-8(2)14(17)21-7-20-12-9-6-10-13(22-9)11(12)16(15(3,4)5)23(10,18)19/h9-13H,1,6-7H2,2-5H3. The van der Waals surface area contributed by atoms with E-state index in [9.17, 15) is 13.2 Å². The van der Waals surface area contributed by atoms with E-state index in [-0.39, 0.29) is 34.7 Å². The minimum atomic E-state index is -3.31. The van der Waals surface area contributed by atoms with Crippen molar-refractivity contribution in [2.45, 2.75) is 67.6 Å². The number of ether oxygens (including phenoxy) is 2. The molecular formula is C15H23NO5S2. The monoisotopic (exact) mass is 361 g/mol. The Morgan fingerprint density at radius 2 is 2.04 bits per heavy atom. The zero-order valence-electron chi connectivity index (χ0n) is 13.8. The Labute approximate surface area is 141 Å². The number of fused-ring (bicyclic) bond motifs is 1. The van der Waals surface area contributed by atoms with Crippen molar-refractivity contribution in [2.24, 2.45) is 0 Å². The molecule has 0 radical (unpaired) electrons. The molecule has 6 nitrogen and oxygen atoms in total. The van der Waals surface area contributed by atoms with E-state index >= 15 is 0 Å². The van der Waals surface area contributed by atoms with E-state index in [1.165, 1.54) is 0 Å².